The van der Waals surface area contributed by atoms with E-state index in [1.807, 2.05) is 7.05 Å². The van der Waals surface area contributed by atoms with Gasteiger partial charge in [0.1, 0.15) is 0 Å². The first kappa shape index (κ1) is 18.7. The zero-order chi connectivity index (χ0) is 18.5. The van der Waals surface area contributed by atoms with Crippen molar-refractivity contribution < 1.29 is 19.1 Å². The average Bonchev–Trinajstić information content (AvgIpc) is 3.01. The molecular formula is C17H27N5O4. The second-order valence-corrected chi connectivity index (χ2v) is 6.55. The summed E-state index contributed by atoms with van der Waals surface area (Å²) < 4.78 is 12.1. The van der Waals surface area contributed by atoms with Crippen molar-refractivity contribution in [2.24, 2.45) is 7.05 Å². The number of urea groups is 1. The second kappa shape index (κ2) is 8.50. The molecule has 9 heteroatoms. The minimum atomic E-state index is -0.111. The van der Waals surface area contributed by atoms with Crippen LogP contribution in [0, 0.1) is 0 Å². The first-order valence-electron chi connectivity index (χ1n) is 9.05. The summed E-state index contributed by atoms with van der Waals surface area (Å²) in [6.07, 6.45) is 1.47. The van der Waals surface area contributed by atoms with E-state index in [0.717, 1.165) is 17.7 Å². The molecule has 0 bridgehead atoms. The van der Waals surface area contributed by atoms with Gasteiger partial charge >= 0.3 is 6.03 Å². The van der Waals surface area contributed by atoms with E-state index in [0.29, 0.717) is 64.7 Å². The molecule has 0 aromatic carbocycles. The molecule has 3 heterocycles. The summed E-state index contributed by atoms with van der Waals surface area (Å²) in [6, 6.07) is -0.111. The quantitative estimate of drug-likeness (QED) is 0.742. The van der Waals surface area contributed by atoms with Crippen LogP contribution in [0.25, 0.3) is 0 Å². The summed E-state index contributed by atoms with van der Waals surface area (Å²) in [7, 11) is 3.50. The van der Waals surface area contributed by atoms with Gasteiger partial charge in [0, 0.05) is 64.6 Å². The van der Waals surface area contributed by atoms with Gasteiger partial charge in [0.15, 0.2) is 5.69 Å². The number of rotatable bonds is 5. The number of carbonyl (C=O) groups is 2. The van der Waals surface area contributed by atoms with Gasteiger partial charge in [0.05, 0.1) is 19.8 Å². The predicted octanol–water partition coefficient (Wildman–Crippen LogP) is -0.00330. The monoisotopic (exact) mass is 365 g/mol. The summed E-state index contributed by atoms with van der Waals surface area (Å²) in [5, 5.41) is 7.36. The molecule has 0 radical (unpaired) electrons. The minimum absolute atomic E-state index is 0.0764. The van der Waals surface area contributed by atoms with E-state index < -0.39 is 0 Å². The Hall–Kier alpha value is -2.13. The fraction of sp³-hybridized carbons (Fsp3) is 0.706. The number of carbonyl (C=O) groups excluding carboxylic acids is 2. The van der Waals surface area contributed by atoms with E-state index in [9.17, 15) is 9.59 Å². The number of aromatic nitrogens is 2. The highest BCUT2D eigenvalue weighted by molar-refractivity contribution is 5.94. The van der Waals surface area contributed by atoms with Crippen molar-refractivity contribution in [2.75, 3.05) is 53.1 Å². The third kappa shape index (κ3) is 3.99. The number of fused-ring (bicyclic) bond motifs is 1. The lowest BCUT2D eigenvalue weighted by Gasteiger charge is -2.29. The Morgan fingerprint density at radius 2 is 2.00 bits per heavy atom. The van der Waals surface area contributed by atoms with Gasteiger partial charge in [-0.15, -0.1) is 0 Å². The topological polar surface area (TPSA) is 88.9 Å². The van der Waals surface area contributed by atoms with Crippen molar-refractivity contribution in [1.82, 2.24) is 24.9 Å². The zero-order valence-corrected chi connectivity index (χ0v) is 15.5. The Labute approximate surface area is 153 Å². The van der Waals surface area contributed by atoms with Crippen LogP contribution in [0.1, 0.15) is 28.2 Å². The number of methoxy groups -OCH3 is 1. The van der Waals surface area contributed by atoms with Crippen molar-refractivity contribution in [1.29, 1.82) is 0 Å². The summed E-state index contributed by atoms with van der Waals surface area (Å²) >= 11 is 0. The summed E-state index contributed by atoms with van der Waals surface area (Å²) in [4.78, 5) is 28.8. The highest BCUT2D eigenvalue weighted by Crippen LogP contribution is 2.23. The molecule has 1 N–H and O–H groups in total. The number of ether oxygens (including phenoxy) is 2. The molecule has 1 fully saturated rings. The molecule has 0 atom stereocenters. The maximum absolute atomic E-state index is 12.9. The van der Waals surface area contributed by atoms with Crippen LogP contribution in [0.5, 0.6) is 0 Å². The molecule has 1 aromatic heterocycles. The molecule has 3 amide bonds. The maximum atomic E-state index is 12.9. The van der Waals surface area contributed by atoms with Crippen LogP contribution in [0.4, 0.5) is 4.79 Å². The van der Waals surface area contributed by atoms with Crippen LogP contribution in [0.3, 0.4) is 0 Å². The van der Waals surface area contributed by atoms with Crippen LogP contribution in [0.2, 0.25) is 0 Å². The first-order chi connectivity index (χ1) is 12.6. The molecule has 2 aliphatic rings. The highest BCUT2D eigenvalue weighted by atomic mass is 16.5. The fourth-order valence-electron chi connectivity index (χ4n) is 3.38. The second-order valence-electron chi connectivity index (χ2n) is 6.55. The third-order valence-electron chi connectivity index (χ3n) is 4.83. The van der Waals surface area contributed by atoms with Gasteiger partial charge in [-0.1, -0.05) is 0 Å². The zero-order valence-electron chi connectivity index (χ0n) is 15.5. The lowest BCUT2D eigenvalue weighted by atomic mass is 10.0. The molecule has 3 rings (SSSR count). The smallest absolute Gasteiger partial charge is 0.317 e. The van der Waals surface area contributed by atoms with Crippen LogP contribution < -0.4 is 5.32 Å². The molecule has 1 saturated heterocycles. The predicted molar refractivity (Wildman–Crippen MR) is 93.9 cm³/mol. The van der Waals surface area contributed by atoms with Crippen molar-refractivity contribution in [3.05, 3.63) is 17.0 Å². The lowest BCUT2D eigenvalue weighted by Crippen LogP contribution is -2.44. The Balaban J connectivity index is 1.69. The standard InChI is InChI=1S/C17H27N5O4/c1-20-14-4-6-22(17(24)18-5-3-9-25-2)12-13(14)15(19-20)16(23)21-7-10-26-11-8-21/h3-12H2,1-2H3,(H,18,24). The number of morpholine rings is 1. The maximum Gasteiger partial charge on any atom is 0.317 e. The van der Waals surface area contributed by atoms with Crippen molar-refractivity contribution in [3.8, 4) is 0 Å². The number of hydrogen-bond acceptors (Lipinski definition) is 5. The van der Waals surface area contributed by atoms with Gasteiger partial charge in [-0.05, 0) is 6.42 Å². The molecule has 144 valence electrons. The van der Waals surface area contributed by atoms with Gasteiger partial charge in [-0.3, -0.25) is 9.48 Å². The molecular weight excluding hydrogens is 338 g/mol. The largest absolute Gasteiger partial charge is 0.385 e. The molecule has 0 saturated carbocycles. The van der Waals surface area contributed by atoms with Gasteiger partial charge in [0.2, 0.25) is 0 Å². The lowest BCUT2D eigenvalue weighted by molar-refractivity contribution is 0.0297. The van der Waals surface area contributed by atoms with Gasteiger partial charge in [-0.25, -0.2) is 4.79 Å². The summed E-state index contributed by atoms with van der Waals surface area (Å²) in [6.45, 7) is 4.47. The van der Waals surface area contributed by atoms with Crippen LogP contribution in [0.15, 0.2) is 0 Å². The number of aryl methyl sites for hydroxylation is 1. The molecule has 0 spiro atoms. The molecule has 0 unspecified atom stereocenters. The van der Waals surface area contributed by atoms with E-state index in [2.05, 4.69) is 10.4 Å². The molecule has 9 nitrogen and oxygen atoms in total. The molecule has 0 aliphatic carbocycles. The van der Waals surface area contributed by atoms with E-state index in [4.69, 9.17) is 9.47 Å². The molecule has 26 heavy (non-hydrogen) atoms. The van der Waals surface area contributed by atoms with Gasteiger partial charge < -0.3 is 24.6 Å². The van der Waals surface area contributed by atoms with Gasteiger partial charge in [0.25, 0.3) is 5.91 Å². The minimum Gasteiger partial charge on any atom is -0.385 e. The Kier molecular flexibility index (Phi) is 6.10. The number of nitrogens with one attached hydrogen (secondary N) is 1. The molecule has 1 aromatic rings. The fourth-order valence-corrected chi connectivity index (χ4v) is 3.38. The summed E-state index contributed by atoms with van der Waals surface area (Å²) in [5.41, 5.74) is 2.36. The van der Waals surface area contributed by atoms with Crippen LogP contribution in [-0.4, -0.2) is 84.6 Å². The number of amides is 3. The Morgan fingerprint density at radius 1 is 1.23 bits per heavy atom. The summed E-state index contributed by atoms with van der Waals surface area (Å²) in [5.74, 6) is -0.0764. The first-order valence-corrected chi connectivity index (χ1v) is 9.05. The van der Waals surface area contributed by atoms with Crippen molar-refractivity contribution in [3.63, 3.8) is 0 Å². The Bertz CT molecular complexity index is 654. The normalized spacial score (nSPS) is 17.2. The van der Waals surface area contributed by atoms with E-state index in [-0.39, 0.29) is 11.9 Å². The third-order valence-corrected chi connectivity index (χ3v) is 4.83. The van der Waals surface area contributed by atoms with Gasteiger partial charge in [-0.2, -0.15) is 5.10 Å². The van der Waals surface area contributed by atoms with Crippen LogP contribution in [-0.2, 0) is 29.5 Å². The van der Waals surface area contributed by atoms with E-state index in [1.165, 1.54) is 0 Å². The number of hydrogen-bond donors (Lipinski definition) is 1. The SMILES string of the molecule is COCCCNC(=O)N1CCc2c(c(C(=O)N3CCOCC3)nn2C)C1. The van der Waals surface area contributed by atoms with E-state index in [1.54, 1.807) is 21.6 Å². The Morgan fingerprint density at radius 3 is 2.73 bits per heavy atom. The molecule has 2 aliphatic heterocycles. The number of nitrogens with zero attached hydrogens (tertiary/aromatic N) is 4. The average molecular weight is 365 g/mol. The van der Waals surface area contributed by atoms with Crippen LogP contribution >= 0.6 is 0 Å². The van der Waals surface area contributed by atoms with E-state index >= 15 is 0 Å². The highest BCUT2D eigenvalue weighted by Gasteiger charge is 2.31. The van der Waals surface area contributed by atoms with Crippen molar-refractivity contribution in [2.45, 2.75) is 19.4 Å². The van der Waals surface area contributed by atoms with Crippen molar-refractivity contribution >= 4 is 11.9 Å².